The van der Waals surface area contributed by atoms with Gasteiger partial charge in [0.25, 0.3) is 11.8 Å². The normalized spacial score (nSPS) is 14.0. The Morgan fingerprint density at radius 1 is 1.20 bits per heavy atom. The topological polar surface area (TPSA) is 91.7 Å². The van der Waals surface area contributed by atoms with E-state index in [1.54, 1.807) is 35.2 Å². The highest BCUT2D eigenvalue weighted by Crippen LogP contribution is 2.16. The Morgan fingerprint density at radius 3 is 2.60 bits per heavy atom. The number of ether oxygens (including phenoxy) is 2. The maximum Gasteiger partial charge on any atom is 0.264 e. The second-order valence-corrected chi connectivity index (χ2v) is 6.85. The van der Waals surface area contributed by atoms with E-state index in [-0.39, 0.29) is 24.0 Å². The summed E-state index contributed by atoms with van der Waals surface area (Å²) in [7, 11) is 0. The summed E-state index contributed by atoms with van der Waals surface area (Å²) in [5, 5.41) is 12.1. The Hall–Kier alpha value is -3.63. The Bertz CT molecular complexity index is 971. The molecule has 2 aromatic carbocycles. The molecule has 7 heteroatoms. The number of hydrogen-bond acceptors (Lipinski definition) is 5. The number of carbonyl (C=O) groups is 2. The number of benzene rings is 2. The van der Waals surface area contributed by atoms with Gasteiger partial charge in [-0.05, 0) is 48.4 Å². The van der Waals surface area contributed by atoms with E-state index in [2.05, 4.69) is 5.32 Å². The van der Waals surface area contributed by atoms with Gasteiger partial charge in [-0.1, -0.05) is 24.3 Å². The molecule has 1 N–H and O–H groups in total. The van der Waals surface area contributed by atoms with E-state index in [4.69, 9.17) is 9.47 Å². The molecule has 1 aliphatic rings. The van der Waals surface area contributed by atoms with Gasteiger partial charge in [0.1, 0.15) is 17.4 Å². The van der Waals surface area contributed by atoms with Gasteiger partial charge in [-0.25, -0.2) is 0 Å². The van der Waals surface area contributed by atoms with Crippen LogP contribution in [0.15, 0.2) is 54.1 Å². The van der Waals surface area contributed by atoms with E-state index in [1.807, 2.05) is 37.3 Å². The predicted octanol–water partition coefficient (Wildman–Crippen LogP) is 2.78. The smallest absolute Gasteiger partial charge is 0.264 e. The number of nitrogens with zero attached hydrogens (tertiary/aromatic N) is 2. The van der Waals surface area contributed by atoms with Crippen LogP contribution in [0.2, 0.25) is 0 Å². The molecular formula is C23H23N3O4. The average molecular weight is 405 g/mol. The van der Waals surface area contributed by atoms with E-state index in [1.165, 1.54) is 0 Å². The lowest BCUT2D eigenvalue weighted by atomic mass is 10.1. The number of aryl methyl sites for hydroxylation is 1. The van der Waals surface area contributed by atoms with Crippen molar-refractivity contribution in [3.05, 3.63) is 65.2 Å². The zero-order valence-corrected chi connectivity index (χ0v) is 16.8. The van der Waals surface area contributed by atoms with Crippen LogP contribution in [0.3, 0.4) is 0 Å². The molecule has 0 radical (unpaired) electrons. The molecule has 0 bridgehead atoms. The molecule has 1 aliphatic heterocycles. The van der Waals surface area contributed by atoms with Crippen molar-refractivity contribution in [2.45, 2.75) is 6.92 Å². The third-order valence-corrected chi connectivity index (χ3v) is 4.51. The molecule has 7 nitrogen and oxygen atoms in total. The molecule has 0 aromatic heterocycles. The van der Waals surface area contributed by atoms with Crippen LogP contribution in [0.1, 0.15) is 11.1 Å². The van der Waals surface area contributed by atoms with Crippen LogP contribution in [-0.2, 0) is 14.3 Å². The van der Waals surface area contributed by atoms with E-state index in [0.29, 0.717) is 37.6 Å². The molecule has 154 valence electrons. The quantitative estimate of drug-likeness (QED) is 0.589. The van der Waals surface area contributed by atoms with E-state index >= 15 is 0 Å². The maximum atomic E-state index is 12.5. The molecule has 2 aromatic rings. The molecule has 2 amide bonds. The zero-order chi connectivity index (χ0) is 21.3. The Morgan fingerprint density at radius 2 is 1.93 bits per heavy atom. The SMILES string of the molecule is Cc1cccc(NC(=O)COc2ccc(/C=C(\C#N)C(=O)N3CCOCC3)cc2)c1. The van der Waals surface area contributed by atoms with Crippen LogP contribution in [0.4, 0.5) is 5.69 Å². The van der Waals surface area contributed by atoms with Gasteiger partial charge in [0, 0.05) is 18.8 Å². The first-order valence-electron chi connectivity index (χ1n) is 9.63. The largest absolute Gasteiger partial charge is 0.484 e. The van der Waals surface area contributed by atoms with Crippen molar-refractivity contribution in [2.75, 3.05) is 38.2 Å². The number of hydrogen-bond donors (Lipinski definition) is 1. The minimum absolute atomic E-state index is 0.0723. The van der Waals surface area contributed by atoms with Crippen LogP contribution >= 0.6 is 0 Å². The fourth-order valence-electron chi connectivity index (χ4n) is 2.97. The predicted molar refractivity (Wildman–Crippen MR) is 113 cm³/mol. The molecular weight excluding hydrogens is 382 g/mol. The Labute approximate surface area is 175 Å². The molecule has 1 heterocycles. The number of nitrogens with one attached hydrogen (secondary N) is 1. The highest BCUT2D eigenvalue weighted by Gasteiger charge is 2.20. The van der Waals surface area contributed by atoms with Crippen molar-refractivity contribution in [1.29, 1.82) is 5.26 Å². The number of rotatable bonds is 6. The zero-order valence-electron chi connectivity index (χ0n) is 16.8. The van der Waals surface area contributed by atoms with Crippen LogP contribution in [0.25, 0.3) is 6.08 Å². The van der Waals surface area contributed by atoms with Crippen LogP contribution < -0.4 is 10.1 Å². The summed E-state index contributed by atoms with van der Waals surface area (Å²) in [5.74, 6) is -0.0362. The highest BCUT2D eigenvalue weighted by atomic mass is 16.5. The van der Waals surface area contributed by atoms with E-state index in [0.717, 1.165) is 11.3 Å². The standard InChI is InChI=1S/C23H23N3O4/c1-17-3-2-4-20(13-17)25-22(27)16-30-21-7-5-18(6-8-21)14-19(15-24)23(28)26-9-11-29-12-10-26/h2-8,13-14H,9-12,16H2,1H3,(H,25,27)/b19-14+. The van der Waals surface area contributed by atoms with Crippen molar-refractivity contribution in [3.63, 3.8) is 0 Å². The van der Waals surface area contributed by atoms with Crippen molar-refractivity contribution >= 4 is 23.6 Å². The lowest BCUT2D eigenvalue weighted by Crippen LogP contribution is -2.41. The summed E-state index contributed by atoms with van der Waals surface area (Å²) in [4.78, 5) is 26.1. The van der Waals surface area contributed by atoms with Crippen molar-refractivity contribution in [1.82, 2.24) is 4.90 Å². The second kappa shape index (κ2) is 10.2. The summed E-state index contributed by atoms with van der Waals surface area (Å²) in [5.41, 5.74) is 2.55. The summed E-state index contributed by atoms with van der Waals surface area (Å²) >= 11 is 0. The van der Waals surface area contributed by atoms with Gasteiger partial charge < -0.3 is 19.7 Å². The number of anilines is 1. The van der Waals surface area contributed by atoms with Crippen LogP contribution in [0, 0.1) is 18.3 Å². The fourth-order valence-corrected chi connectivity index (χ4v) is 2.97. The van der Waals surface area contributed by atoms with Crippen molar-refractivity contribution < 1.29 is 19.1 Å². The first-order chi connectivity index (χ1) is 14.5. The highest BCUT2D eigenvalue weighted by molar-refractivity contribution is 6.01. The number of morpholine rings is 1. The third kappa shape index (κ3) is 5.93. The molecule has 0 aliphatic carbocycles. The first-order valence-corrected chi connectivity index (χ1v) is 9.63. The van der Waals surface area contributed by atoms with Gasteiger partial charge >= 0.3 is 0 Å². The fraction of sp³-hybridized carbons (Fsp3) is 0.261. The average Bonchev–Trinajstić information content (AvgIpc) is 2.77. The van der Waals surface area contributed by atoms with Gasteiger partial charge in [0.15, 0.2) is 6.61 Å². The molecule has 0 atom stereocenters. The minimum atomic E-state index is -0.297. The summed E-state index contributed by atoms with van der Waals surface area (Å²) in [6.07, 6.45) is 1.55. The molecule has 0 unspecified atom stereocenters. The van der Waals surface area contributed by atoms with Crippen LogP contribution in [0.5, 0.6) is 5.75 Å². The molecule has 1 saturated heterocycles. The summed E-state index contributed by atoms with van der Waals surface area (Å²) in [6, 6.07) is 16.4. The summed E-state index contributed by atoms with van der Waals surface area (Å²) < 4.78 is 10.7. The van der Waals surface area contributed by atoms with Gasteiger partial charge in [-0.15, -0.1) is 0 Å². The van der Waals surface area contributed by atoms with Gasteiger partial charge in [0.05, 0.1) is 13.2 Å². The van der Waals surface area contributed by atoms with Gasteiger partial charge in [-0.2, -0.15) is 5.26 Å². The number of nitriles is 1. The lowest BCUT2D eigenvalue weighted by molar-refractivity contribution is -0.130. The van der Waals surface area contributed by atoms with Gasteiger partial charge in [-0.3, -0.25) is 9.59 Å². The monoisotopic (exact) mass is 405 g/mol. The Balaban J connectivity index is 1.56. The number of carbonyl (C=O) groups excluding carboxylic acids is 2. The molecule has 0 saturated carbocycles. The second-order valence-electron chi connectivity index (χ2n) is 6.85. The maximum absolute atomic E-state index is 12.5. The Kier molecular flexibility index (Phi) is 7.19. The van der Waals surface area contributed by atoms with Crippen molar-refractivity contribution in [3.8, 4) is 11.8 Å². The summed E-state index contributed by atoms with van der Waals surface area (Å²) in [6.45, 7) is 3.75. The van der Waals surface area contributed by atoms with Crippen LogP contribution in [-0.4, -0.2) is 49.6 Å². The first kappa shape index (κ1) is 21.1. The molecule has 30 heavy (non-hydrogen) atoms. The van der Waals surface area contributed by atoms with E-state index < -0.39 is 0 Å². The minimum Gasteiger partial charge on any atom is -0.484 e. The van der Waals surface area contributed by atoms with E-state index in [9.17, 15) is 14.9 Å². The number of amides is 2. The molecule has 3 rings (SSSR count). The molecule has 1 fully saturated rings. The van der Waals surface area contributed by atoms with Gasteiger partial charge in [0.2, 0.25) is 0 Å². The lowest BCUT2D eigenvalue weighted by Gasteiger charge is -2.26. The van der Waals surface area contributed by atoms with Crippen molar-refractivity contribution in [2.24, 2.45) is 0 Å². The third-order valence-electron chi connectivity index (χ3n) is 4.51. The molecule has 0 spiro atoms.